The van der Waals surface area contributed by atoms with Crippen LogP contribution >= 0.6 is 0 Å². The van der Waals surface area contributed by atoms with Gasteiger partial charge >= 0.3 is 0 Å². The van der Waals surface area contributed by atoms with E-state index in [0.29, 0.717) is 34.8 Å². The molecule has 6 heterocycles. The molecule has 2 aliphatic heterocycles. The molecule has 15 heteroatoms. The average Bonchev–Trinajstić information content (AvgIpc) is 3.26. The summed E-state index contributed by atoms with van der Waals surface area (Å²) in [6.07, 6.45) is 16.0. The maximum Gasteiger partial charge on any atom is 0.224 e. The molecule has 2 saturated heterocycles. The number of rotatable bonds is 10. The third-order valence-corrected chi connectivity index (χ3v) is 10.6. The van der Waals surface area contributed by atoms with E-state index in [1.165, 1.54) is 5.56 Å². The van der Waals surface area contributed by atoms with Crippen LogP contribution in [0.2, 0.25) is 0 Å². The van der Waals surface area contributed by atoms with Crippen molar-refractivity contribution in [1.82, 2.24) is 40.3 Å². The SMILES string of the molecule is COc1cc2cnnc(N3CCC(Cc4cncnc4)CC3)c2cc1OC.COc1cc2cnnc(N3CCC(c4ccnc(N(C)C)n4)CC3)c2cc1OC. The van der Waals surface area contributed by atoms with Crippen LogP contribution in [0.25, 0.3) is 21.5 Å². The van der Waals surface area contributed by atoms with E-state index in [-0.39, 0.29) is 0 Å². The Morgan fingerprint density at radius 3 is 1.66 bits per heavy atom. The number of nitrogens with zero attached hydrogens (tertiary/aromatic N) is 11. The number of fused-ring (bicyclic) bond motifs is 2. The molecule has 0 unspecified atom stereocenters. The van der Waals surface area contributed by atoms with Gasteiger partial charge in [0.05, 0.1) is 40.8 Å². The van der Waals surface area contributed by atoms with E-state index in [4.69, 9.17) is 23.9 Å². The zero-order chi connectivity index (χ0) is 39.0. The summed E-state index contributed by atoms with van der Waals surface area (Å²) >= 11 is 0. The summed E-state index contributed by atoms with van der Waals surface area (Å²) in [4.78, 5) is 23.8. The first-order valence-corrected chi connectivity index (χ1v) is 18.9. The van der Waals surface area contributed by atoms with E-state index >= 15 is 0 Å². The van der Waals surface area contributed by atoms with E-state index in [9.17, 15) is 0 Å². The fourth-order valence-corrected chi connectivity index (χ4v) is 7.57. The zero-order valence-corrected chi connectivity index (χ0v) is 32.9. The molecular formula is C41H49N11O4. The van der Waals surface area contributed by atoms with Crippen LogP contribution in [-0.2, 0) is 6.42 Å². The highest BCUT2D eigenvalue weighted by Gasteiger charge is 2.26. The summed E-state index contributed by atoms with van der Waals surface area (Å²) in [6.45, 7) is 3.71. The highest BCUT2D eigenvalue weighted by Crippen LogP contribution is 2.38. The second-order valence-corrected chi connectivity index (χ2v) is 14.2. The van der Waals surface area contributed by atoms with Gasteiger partial charge in [-0.1, -0.05) is 0 Å². The molecule has 0 bridgehead atoms. The predicted molar refractivity (Wildman–Crippen MR) is 217 cm³/mol. The lowest BCUT2D eigenvalue weighted by molar-refractivity contribution is 0.356. The molecule has 0 N–H and O–H groups in total. The molecule has 0 aliphatic carbocycles. The smallest absolute Gasteiger partial charge is 0.224 e. The van der Waals surface area contributed by atoms with Gasteiger partial charge in [-0.2, -0.15) is 10.2 Å². The van der Waals surface area contributed by atoms with Gasteiger partial charge < -0.3 is 33.6 Å². The number of anilines is 3. The lowest BCUT2D eigenvalue weighted by Gasteiger charge is -2.33. The van der Waals surface area contributed by atoms with Crippen molar-refractivity contribution in [1.29, 1.82) is 0 Å². The van der Waals surface area contributed by atoms with Crippen LogP contribution < -0.4 is 33.6 Å². The summed E-state index contributed by atoms with van der Waals surface area (Å²) in [5.74, 6) is 6.42. The molecule has 2 fully saturated rings. The van der Waals surface area contributed by atoms with Gasteiger partial charge in [-0.15, -0.1) is 10.2 Å². The van der Waals surface area contributed by atoms with Crippen molar-refractivity contribution in [2.45, 2.75) is 38.0 Å². The van der Waals surface area contributed by atoms with E-state index in [0.717, 1.165) is 103 Å². The molecule has 292 valence electrons. The molecule has 56 heavy (non-hydrogen) atoms. The van der Waals surface area contributed by atoms with Gasteiger partial charge in [0.1, 0.15) is 6.33 Å². The first-order valence-electron chi connectivity index (χ1n) is 18.9. The average molecular weight is 760 g/mol. The Labute approximate surface area is 327 Å². The molecule has 8 rings (SSSR count). The molecular weight excluding hydrogens is 711 g/mol. The van der Waals surface area contributed by atoms with Gasteiger partial charge in [-0.3, -0.25) is 0 Å². The van der Waals surface area contributed by atoms with Gasteiger partial charge in [-0.25, -0.2) is 19.9 Å². The summed E-state index contributed by atoms with van der Waals surface area (Å²) in [5, 5.41) is 21.3. The molecule has 0 amide bonds. The molecule has 6 aromatic rings. The molecule has 4 aromatic heterocycles. The number of hydrogen-bond acceptors (Lipinski definition) is 15. The van der Waals surface area contributed by atoms with Crippen LogP contribution in [0.1, 0.15) is 42.9 Å². The number of ether oxygens (including phenoxy) is 4. The summed E-state index contributed by atoms with van der Waals surface area (Å²) in [5.41, 5.74) is 2.32. The largest absolute Gasteiger partial charge is 0.493 e. The van der Waals surface area contributed by atoms with Crippen LogP contribution in [0.5, 0.6) is 23.0 Å². The second-order valence-electron chi connectivity index (χ2n) is 14.2. The van der Waals surface area contributed by atoms with E-state index in [2.05, 4.69) is 45.1 Å². The Morgan fingerprint density at radius 1 is 0.661 bits per heavy atom. The lowest BCUT2D eigenvalue weighted by atomic mass is 9.91. The van der Waals surface area contributed by atoms with Crippen LogP contribution in [0.4, 0.5) is 17.6 Å². The van der Waals surface area contributed by atoms with E-state index in [1.54, 1.807) is 47.2 Å². The van der Waals surface area contributed by atoms with Crippen molar-refractivity contribution in [2.24, 2.45) is 5.92 Å². The number of piperidine rings is 2. The van der Waals surface area contributed by atoms with Crippen molar-refractivity contribution in [3.05, 3.63) is 78.9 Å². The first kappa shape index (κ1) is 38.2. The number of hydrogen-bond donors (Lipinski definition) is 0. The highest BCUT2D eigenvalue weighted by atomic mass is 16.5. The predicted octanol–water partition coefficient (Wildman–Crippen LogP) is 5.78. The molecule has 0 saturated carbocycles. The zero-order valence-electron chi connectivity index (χ0n) is 32.9. The van der Waals surface area contributed by atoms with Crippen LogP contribution in [0.3, 0.4) is 0 Å². The van der Waals surface area contributed by atoms with Crippen LogP contribution in [0.15, 0.2) is 67.6 Å². The third kappa shape index (κ3) is 8.41. The van der Waals surface area contributed by atoms with Crippen molar-refractivity contribution >= 4 is 39.1 Å². The molecule has 0 spiro atoms. The fourth-order valence-electron chi connectivity index (χ4n) is 7.57. The molecule has 0 radical (unpaired) electrons. The second kappa shape index (κ2) is 17.6. The lowest BCUT2D eigenvalue weighted by Crippen LogP contribution is -2.35. The van der Waals surface area contributed by atoms with Crippen molar-refractivity contribution in [3.63, 3.8) is 0 Å². The Bertz CT molecular complexity index is 2230. The summed E-state index contributed by atoms with van der Waals surface area (Å²) < 4.78 is 21.8. The minimum atomic E-state index is 0.422. The number of methoxy groups -OCH3 is 4. The maximum absolute atomic E-state index is 5.48. The quantitative estimate of drug-likeness (QED) is 0.166. The summed E-state index contributed by atoms with van der Waals surface area (Å²) in [6, 6.07) is 9.91. The van der Waals surface area contributed by atoms with Crippen LogP contribution in [-0.4, -0.2) is 109 Å². The fraction of sp³-hybridized carbons (Fsp3) is 0.415. The number of aromatic nitrogens is 8. The molecule has 0 atom stereocenters. The van der Waals surface area contributed by atoms with Crippen molar-refractivity contribution < 1.29 is 18.9 Å². The van der Waals surface area contributed by atoms with Gasteiger partial charge in [0.2, 0.25) is 5.95 Å². The molecule has 15 nitrogen and oxygen atoms in total. The Morgan fingerprint density at radius 2 is 1.16 bits per heavy atom. The summed E-state index contributed by atoms with van der Waals surface area (Å²) in [7, 11) is 10.5. The topological polar surface area (TPSA) is 150 Å². The van der Waals surface area contributed by atoms with Gasteiger partial charge in [0.15, 0.2) is 34.6 Å². The van der Waals surface area contributed by atoms with Crippen LogP contribution in [0, 0.1) is 5.92 Å². The van der Waals surface area contributed by atoms with Gasteiger partial charge in [-0.05, 0) is 73.9 Å². The van der Waals surface area contributed by atoms with Crippen molar-refractivity contribution in [3.8, 4) is 23.0 Å². The van der Waals surface area contributed by atoms with E-state index < -0.39 is 0 Å². The Hall–Kier alpha value is -6.12. The van der Waals surface area contributed by atoms with Gasteiger partial charge in [0.25, 0.3) is 0 Å². The van der Waals surface area contributed by atoms with E-state index in [1.807, 2.05) is 67.9 Å². The Balaban J connectivity index is 0.000000172. The van der Waals surface area contributed by atoms with Gasteiger partial charge in [0, 0.05) is 92.0 Å². The number of benzene rings is 2. The maximum atomic E-state index is 5.48. The minimum Gasteiger partial charge on any atom is -0.493 e. The molecule has 2 aromatic carbocycles. The Kier molecular flexibility index (Phi) is 12.0. The molecule has 2 aliphatic rings. The third-order valence-electron chi connectivity index (χ3n) is 10.6. The highest BCUT2D eigenvalue weighted by molar-refractivity contribution is 5.95. The standard InChI is InChI=1S/C21H26N6O2.C20H23N5O2/c1-26(2)21-22-8-5-17(24-21)14-6-9-27(10-7-14)20-16-12-19(29-4)18(28-3)11-15(16)13-23-25-20;1-26-18-8-16-12-23-24-20(17(16)9-19(18)27-2)25-5-3-14(4-6-25)7-15-10-21-13-22-11-15/h5,8,11-14H,6-7,9-10H2,1-4H3;8-14H,3-7H2,1-2H3. The first-order chi connectivity index (χ1) is 27.4. The normalized spacial score (nSPS) is 15.0. The minimum absolute atomic E-state index is 0.422. The monoisotopic (exact) mass is 759 g/mol. The van der Waals surface area contributed by atoms with Crippen molar-refractivity contribution in [2.75, 3.05) is 83.4 Å².